The topological polar surface area (TPSA) is 66.6 Å². The lowest BCUT2D eigenvalue weighted by Gasteiger charge is -2.14. The van der Waals surface area contributed by atoms with Gasteiger partial charge in [0.2, 0.25) is 0 Å². The van der Waals surface area contributed by atoms with Gasteiger partial charge in [0.05, 0.1) is 10.0 Å². The van der Waals surface area contributed by atoms with Gasteiger partial charge in [0.1, 0.15) is 11.5 Å². The standard InChI is InChI=1S/C20H18Cl2N2O3/c21-15-2-1-3-16(22)17(15)18-12(19(27-23-18)10-4-5-10)7-6-11-13-8-24(20(25)26)9-14(11)13/h1-3,6-7,10-11,13-14H,4-5,8-9H2,(H,25,26)/b7-6+. The van der Waals surface area contributed by atoms with Crippen LogP contribution in [0.4, 0.5) is 4.79 Å². The summed E-state index contributed by atoms with van der Waals surface area (Å²) in [5.74, 6) is 2.57. The van der Waals surface area contributed by atoms with Crippen molar-refractivity contribution in [2.45, 2.75) is 18.8 Å². The van der Waals surface area contributed by atoms with E-state index < -0.39 is 6.09 Å². The van der Waals surface area contributed by atoms with E-state index in [0.717, 1.165) is 24.2 Å². The third-order valence-electron chi connectivity index (χ3n) is 5.92. The summed E-state index contributed by atoms with van der Waals surface area (Å²) in [7, 11) is 0. The van der Waals surface area contributed by atoms with E-state index in [1.165, 1.54) is 4.90 Å². The largest absolute Gasteiger partial charge is 0.465 e. The highest BCUT2D eigenvalue weighted by Crippen LogP contribution is 2.53. The molecule has 27 heavy (non-hydrogen) atoms. The lowest BCUT2D eigenvalue weighted by Crippen LogP contribution is -2.29. The van der Waals surface area contributed by atoms with Gasteiger partial charge >= 0.3 is 6.09 Å². The number of amides is 1. The molecule has 1 saturated heterocycles. The summed E-state index contributed by atoms with van der Waals surface area (Å²) in [6.45, 7) is 1.24. The van der Waals surface area contributed by atoms with Crippen LogP contribution in [0, 0.1) is 17.8 Å². The number of carboxylic acid groups (broad SMARTS) is 1. The number of hydrogen-bond acceptors (Lipinski definition) is 3. The molecule has 1 amide bonds. The molecule has 2 unspecified atom stereocenters. The van der Waals surface area contributed by atoms with Crippen molar-refractivity contribution in [3.05, 3.63) is 45.6 Å². The van der Waals surface area contributed by atoms with Crippen LogP contribution in [0.3, 0.4) is 0 Å². The number of nitrogens with zero attached hydrogens (tertiary/aromatic N) is 2. The number of aromatic nitrogens is 1. The average molecular weight is 405 g/mol. The zero-order valence-corrected chi connectivity index (χ0v) is 16.0. The van der Waals surface area contributed by atoms with Crippen LogP contribution in [0.15, 0.2) is 28.8 Å². The second-order valence-electron chi connectivity index (χ2n) is 7.63. The lowest BCUT2D eigenvalue weighted by atomic mass is 10.0. The fourth-order valence-electron chi connectivity index (χ4n) is 4.24. The van der Waals surface area contributed by atoms with Crippen LogP contribution < -0.4 is 0 Å². The van der Waals surface area contributed by atoms with Gasteiger partial charge in [0.25, 0.3) is 0 Å². The van der Waals surface area contributed by atoms with Gasteiger partial charge in [0, 0.05) is 30.1 Å². The van der Waals surface area contributed by atoms with Crippen LogP contribution in [-0.4, -0.2) is 34.3 Å². The molecule has 0 bridgehead atoms. The van der Waals surface area contributed by atoms with Gasteiger partial charge in [-0.3, -0.25) is 0 Å². The number of halogens is 2. The van der Waals surface area contributed by atoms with E-state index in [9.17, 15) is 4.79 Å². The highest BCUT2D eigenvalue weighted by Gasteiger charge is 2.55. The third-order valence-corrected chi connectivity index (χ3v) is 6.55. The number of carbonyl (C=O) groups is 1. The zero-order valence-electron chi connectivity index (χ0n) is 14.4. The lowest BCUT2D eigenvalue weighted by molar-refractivity contribution is 0.149. The molecular formula is C20H18Cl2N2O3. The molecule has 2 atom stereocenters. The highest BCUT2D eigenvalue weighted by atomic mass is 35.5. The van der Waals surface area contributed by atoms with E-state index in [4.69, 9.17) is 32.8 Å². The van der Waals surface area contributed by atoms with Gasteiger partial charge in [-0.25, -0.2) is 4.79 Å². The Morgan fingerprint density at radius 2 is 1.89 bits per heavy atom. The molecule has 1 N–H and O–H groups in total. The minimum Gasteiger partial charge on any atom is -0.465 e. The highest BCUT2D eigenvalue weighted by molar-refractivity contribution is 6.39. The summed E-state index contributed by atoms with van der Waals surface area (Å²) in [5.41, 5.74) is 2.33. The molecule has 5 nitrogen and oxygen atoms in total. The van der Waals surface area contributed by atoms with Crippen molar-refractivity contribution < 1.29 is 14.4 Å². The summed E-state index contributed by atoms with van der Waals surface area (Å²) in [6.07, 6.45) is 5.65. The Morgan fingerprint density at radius 3 is 2.48 bits per heavy atom. The molecule has 2 aromatic rings. The Kier molecular flexibility index (Phi) is 3.99. The Bertz CT molecular complexity index is 918. The second kappa shape index (κ2) is 6.28. The molecule has 1 aromatic carbocycles. The number of fused-ring (bicyclic) bond motifs is 1. The van der Waals surface area contributed by atoms with Crippen molar-refractivity contribution in [1.29, 1.82) is 0 Å². The van der Waals surface area contributed by atoms with Crippen molar-refractivity contribution in [3.8, 4) is 11.3 Å². The van der Waals surface area contributed by atoms with Crippen LogP contribution in [0.2, 0.25) is 10.0 Å². The molecule has 0 spiro atoms. The number of allylic oxidation sites excluding steroid dienone is 1. The number of hydrogen-bond donors (Lipinski definition) is 1. The van der Waals surface area contributed by atoms with Crippen LogP contribution in [0.1, 0.15) is 30.1 Å². The third kappa shape index (κ3) is 2.93. The minimum absolute atomic E-state index is 0.411. The monoisotopic (exact) mass is 404 g/mol. The van der Waals surface area contributed by atoms with Crippen molar-refractivity contribution in [2.75, 3.05) is 13.1 Å². The molecular weight excluding hydrogens is 387 g/mol. The van der Waals surface area contributed by atoms with Crippen molar-refractivity contribution in [2.24, 2.45) is 17.8 Å². The SMILES string of the molecule is O=C(O)N1CC2C(/C=C/c3c(-c4c(Cl)cccc4Cl)noc3C3CC3)C2C1. The Balaban J connectivity index is 1.45. The average Bonchev–Trinajstić information content (AvgIpc) is 3.49. The molecule has 2 heterocycles. The fourth-order valence-corrected chi connectivity index (χ4v) is 4.81. The molecule has 2 saturated carbocycles. The number of benzene rings is 1. The quantitative estimate of drug-likeness (QED) is 0.740. The van der Waals surface area contributed by atoms with Gasteiger partial charge in [-0.15, -0.1) is 0 Å². The first kappa shape index (κ1) is 17.1. The van der Waals surface area contributed by atoms with Crippen molar-refractivity contribution >= 4 is 35.4 Å². The molecule has 1 aliphatic heterocycles. The maximum Gasteiger partial charge on any atom is 0.407 e. The first-order valence-corrected chi connectivity index (χ1v) is 9.90. The Labute approximate surface area is 166 Å². The number of likely N-dealkylation sites (tertiary alicyclic amines) is 1. The van der Waals surface area contributed by atoms with Gasteiger partial charge in [-0.2, -0.15) is 0 Å². The van der Waals surface area contributed by atoms with Crippen LogP contribution in [0.25, 0.3) is 17.3 Å². The second-order valence-corrected chi connectivity index (χ2v) is 8.45. The van der Waals surface area contributed by atoms with Crippen molar-refractivity contribution in [3.63, 3.8) is 0 Å². The Morgan fingerprint density at radius 1 is 1.22 bits per heavy atom. The normalized spacial score (nSPS) is 26.6. The number of piperidine rings is 1. The predicted molar refractivity (Wildman–Crippen MR) is 103 cm³/mol. The van der Waals surface area contributed by atoms with E-state index in [-0.39, 0.29) is 0 Å². The summed E-state index contributed by atoms with van der Waals surface area (Å²) in [4.78, 5) is 12.6. The molecule has 1 aromatic heterocycles. The van der Waals surface area contributed by atoms with Crippen LogP contribution >= 0.6 is 23.2 Å². The van der Waals surface area contributed by atoms with E-state index in [1.54, 1.807) is 12.1 Å². The summed E-state index contributed by atoms with van der Waals surface area (Å²) in [6, 6.07) is 5.41. The predicted octanol–water partition coefficient (Wildman–Crippen LogP) is 5.39. The molecule has 140 valence electrons. The first-order chi connectivity index (χ1) is 13.0. The maximum atomic E-state index is 11.1. The van der Waals surface area contributed by atoms with E-state index in [2.05, 4.69) is 17.3 Å². The van der Waals surface area contributed by atoms with Crippen LogP contribution in [0.5, 0.6) is 0 Å². The van der Waals surface area contributed by atoms with Gasteiger partial charge < -0.3 is 14.5 Å². The number of rotatable bonds is 4. The summed E-state index contributed by atoms with van der Waals surface area (Å²) < 4.78 is 5.67. The summed E-state index contributed by atoms with van der Waals surface area (Å²) in [5, 5.41) is 14.5. The smallest absolute Gasteiger partial charge is 0.407 e. The van der Waals surface area contributed by atoms with Gasteiger partial charge in [0.15, 0.2) is 0 Å². The molecule has 3 aliphatic rings. The van der Waals surface area contributed by atoms with Crippen molar-refractivity contribution in [1.82, 2.24) is 10.1 Å². The van der Waals surface area contributed by atoms with E-state index in [1.807, 2.05) is 6.07 Å². The molecule has 2 aliphatic carbocycles. The zero-order chi connectivity index (χ0) is 18.7. The Hall–Kier alpha value is -1.98. The molecule has 0 radical (unpaired) electrons. The molecule has 3 fully saturated rings. The van der Waals surface area contributed by atoms with Gasteiger partial charge in [-0.05, 0) is 42.7 Å². The maximum absolute atomic E-state index is 11.1. The van der Waals surface area contributed by atoms with E-state index >= 15 is 0 Å². The van der Waals surface area contributed by atoms with Gasteiger partial charge in [-0.1, -0.05) is 46.6 Å². The molecule has 5 rings (SSSR count). The van der Waals surface area contributed by atoms with E-state index in [0.29, 0.717) is 58.1 Å². The summed E-state index contributed by atoms with van der Waals surface area (Å²) >= 11 is 12.8. The van der Waals surface area contributed by atoms with Crippen LogP contribution in [-0.2, 0) is 0 Å². The molecule has 7 heteroatoms. The minimum atomic E-state index is -0.823. The fraction of sp³-hybridized carbons (Fsp3) is 0.400. The first-order valence-electron chi connectivity index (χ1n) is 9.14.